The lowest BCUT2D eigenvalue weighted by atomic mass is 10.1. The highest BCUT2D eigenvalue weighted by Crippen LogP contribution is 2.42. The second-order valence-corrected chi connectivity index (χ2v) is 11.8. The Kier molecular flexibility index (Phi) is 5.66. The highest BCUT2D eigenvalue weighted by atomic mass is 32.2. The number of para-hydroxylation sites is 2. The zero-order valence-corrected chi connectivity index (χ0v) is 23.4. The van der Waals surface area contributed by atoms with Crippen LogP contribution in [-0.4, -0.2) is 32.9 Å². The Morgan fingerprint density at radius 1 is 0.512 bits per heavy atom. The maximum absolute atomic E-state index is 13.9. The van der Waals surface area contributed by atoms with Gasteiger partial charge < -0.3 is 0 Å². The van der Waals surface area contributed by atoms with Crippen LogP contribution in [-0.2, 0) is 10.0 Å². The number of sulfonamides is 1. The summed E-state index contributed by atoms with van der Waals surface area (Å²) in [5.41, 5.74) is 4.93. The van der Waals surface area contributed by atoms with Gasteiger partial charge in [-0.3, -0.25) is 4.57 Å². The smallest absolute Gasteiger partial charge is 0.273 e. The Morgan fingerprint density at radius 2 is 1.05 bits per heavy atom. The Bertz CT molecular complexity index is 2200. The highest BCUT2D eigenvalue weighted by Gasteiger charge is 2.38. The molecule has 0 unspecified atom stereocenters. The topological polar surface area (TPSA) is 93.9 Å². The van der Waals surface area contributed by atoms with Gasteiger partial charge in [0.1, 0.15) is 4.90 Å². The molecule has 8 nitrogen and oxygen atoms in total. The Labute approximate surface area is 247 Å². The zero-order chi connectivity index (χ0) is 29.0. The van der Waals surface area contributed by atoms with Crippen LogP contribution in [0.1, 0.15) is 0 Å². The van der Waals surface area contributed by atoms with E-state index in [1.54, 1.807) is 30.3 Å². The van der Waals surface area contributed by atoms with Crippen LogP contribution in [0.3, 0.4) is 0 Å². The fraction of sp³-hybridized carbons (Fsp3) is 0. The number of nitrogens with zero attached hydrogens (tertiary/aromatic N) is 6. The Hall–Kier alpha value is -5.67. The molecular formula is C34H22N6O2S. The molecule has 206 valence electrons. The molecule has 0 saturated carbocycles. The van der Waals surface area contributed by atoms with Gasteiger partial charge >= 0.3 is 0 Å². The van der Waals surface area contributed by atoms with Crippen molar-refractivity contribution in [3.63, 3.8) is 0 Å². The van der Waals surface area contributed by atoms with E-state index in [9.17, 15) is 8.42 Å². The third-order valence-corrected chi connectivity index (χ3v) is 9.15. The summed E-state index contributed by atoms with van der Waals surface area (Å²) in [5.74, 6) is 1.91. The lowest BCUT2D eigenvalue weighted by Gasteiger charge is -2.30. The van der Waals surface area contributed by atoms with E-state index in [1.165, 1.54) is 4.31 Å². The summed E-state index contributed by atoms with van der Waals surface area (Å²) < 4.78 is 31.0. The third kappa shape index (κ3) is 4.09. The molecule has 7 aromatic rings. The molecule has 0 saturated heterocycles. The van der Waals surface area contributed by atoms with Crippen molar-refractivity contribution in [3.05, 3.63) is 133 Å². The van der Waals surface area contributed by atoms with Crippen LogP contribution in [0.25, 0.3) is 50.9 Å². The molecule has 0 radical (unpaired) electrons. The fourth-order valence-electron chi connectivity index (χ4n) is 5.40. The molecular weight excluding hydrogens is 556 g/mol. The minimum absolute atomic E-state index is 0.215. The molecule has 0 atom stereocenters. The molecule has 9 heteroatoms. The lowest BCUT2D eigenvalue weighted by Crippen LogP contribution is -2.33. The second-order valence-electron chi connectivity index (χ2n) is 10.1. The average Bonchev–Trinajstić information content (AvgIpc) is 3.44. The molecule has 0 aliphatic carbocycles. The maximum atomic E-state index is 13.9. The van der Waals surface area contributed by atoms with Crippen LogP contribution in [0.2, 0.25) is 0 Å². The van der Waals surface area contributed by atoms with Gasteiger partial charge in [-0.15, -0.1) is 0 Å². The van der Waals surface area contributed by atoms with Gasteiger partial charge in [0, 0.05) is 16.7 Å². The highest BCUT2D eigenvalue weighted by molar-refractivity contribution is 7.93. The number of hydrogen-bond donors (Lipinski definition) is 0. The number of rotatable bonds is 4. The minimum Gasteiger partial charge on any atom is -0.276 e. The molecule has 1 aliphatic heterocycles. The molecule has 3 heterocycles. The summed E-state index contributed by atoms with van der Waals surface area (Å²) in [6.45, 7) is 0. The first-order chi connectivity index (χ1) is 21.1. The molecule has 2 aromatic heterocycles. The third-order valence-electron chi connectivity index (χ3n) is 7.39. The van der Waals surface area contributed by atoms with Gasteiger partial charge in [0.05, 0.1) is 22.4 Å². The van der Waals surface area contributed by atoms with Crippen LogP contribution in [0, 0.1) is 0 Å². The van der Waals surface area contributed by atoms with E-state index < -0.39 is 10.0 Å². The molecule has 1 aliphatic rings. The van der Waals surface area contributed by atoms with Gasteiger partial charge in [0.25, 0.3) is 10.0 Å². The molecule has 0 N–H and O–H groups in total. The average molecular weight is 579 g/mol. The van der Waals surface area contributed by atoms with E-state index in [4.69, 9.17) is 19.9 Å². The number of benzene rings is 5. The first-order valence-electron chi connectivity index (χ1n) is 13.7. The summed E-state index contributed by atoms with van der Waals surface area (Å²) in [6, 6.07) is 41.4. The van der Waals surface area contributed by atoms with Gasteiger partial charge in [-0.25, -0.2) is 32.7 Å². The largest absolute Gasteiger partial charge is 0.276 e. The van der Waals surface area contributed by atoms with E-state index in [1.807, 2.05) is 108 Å². The quantitative estimate of drug-likeness (QED) is 0.222. The second kappa shape index (κ2) is 9.71. The first-order valence-corrected chi connectivity index (χ1v) is 15.1. The number of aromatic nitrogens is 5. The van der Waals surface area contributed by atoms with Gasteiger partial charge in [0.2, 0.25) is 5.95 Å². The first kappa shape index (κ1) is 25.1. The SMILES string of the molecule is O=S1(=O)c2ccccc2-n2c(nc3cc(-c4nc(-c5ccccc5)nc(-c5ccccc5)n4)ccc32)N1c1ccccc1. The summed E-state index contributed by atoms with van der Waals surface area (Å²) in [7, 11) is -3.91. The summed E-state index contributed by atoms with van der Waals surface area (Å²) in [4.78, 5) is 19.6. The fourth-order valence-corrected chi connectivity index (χ4v) is 7.01. The number of fused-ring (bicyclic) bond motifs is 5. The zero-order valence-electron chi connectivity index (χ0n) is 22.6. The van der Waals surface area contributed by atoms with Crippen molar-refractivity contribution in [1.82, 2.24) is 24.5 Å². The lowest BCUT2D eigenvalue weighted by molar-refractivity contribution is 0.592. The Morgan fingerprint density at radius 3 is 1.67 bits per heavy atom. The van der Waals surface area contributed by atoms with Crippen molar-refractivity contribution in [2.75, 3.05) is 4.31 Å². The van der Waals surface area contributed by atoms with Crippen LogP contribution in [0.5, 0.6) is 0 Å². The van der Waals surface area contributed by atoms with Crippen molar-refractivity contribution in [2.45, 2.75) is 4.90 Å². The molecule has 43 heavy (non-hydrogen) atoms. The van der Waals surface area contributed by atoms with Crippen molar-refractivity contribution < 1.29 is 8.42 Å². The molecule has 0 amide bonds. The van der Waals surface area contributed by atoms with Gasteiger partial charge in [-0.2, -0.15) is 0 Å². The van der Waals surface area contributed by atoms with E-state index in [-0.39, 0.29) is 4.90 Å². The van der Waals surface area contributed by atoms with Crippen molar-refractivity contribution >= 4 is 32.7 Å². The van der Waals surface area contributed by atoms with Crippen LogP contribution >= 0.6 is 0 Å². The predicted octanol–water partition coefficient (Wildman–Crippen LogP) is 7.05. The van der Waals surface area contributed by atoms with Crippen molar-refractivity contribution in [1.29, 1.82) is 0 Å². The number of anilines is 2. The normalized spacial score (nSPS) is 13.4. The Balaban J connectivity index is 1.35. The van der Waals surface area contributed by atoms with Crippen molar-refractivity contribution in [2.24, 2.45) is 0 Å². The van der Waals surface area contributed by atoms with Crippen molar-refractivity contribution in [3.8, 4) is 39.9 Å². The van der Waals surface area contributed by atoms with E-state index in [0.717, 1.165) is 22.2 Å². The minimum atomic E-state index is -3.91. The van der Waals surface area contributed by atoms with Gasteiger partial charge in [-0.1, -0.05) is 91.0 Å². The summed E-state index contributed by atoms with van der Waals surface area (Å²) in [5, 5.41) is 0. The standard InChI is InChI=1S/C34H22N6O2S/c41-43(42)30-19-11-10-18-29(30)39-28-21-20-25(22-27(28)35-34(39)40(43)26-16-8-3-9-17-26)33-37-31(23-12-4-1-5-13-23)36-32(38-33)24-14-6-2-7-15-24/h1-22H. The summed E-state index contributed by atoms with van der Waals surface area (Å²) >= 11 is 0. The van der Waals surface area contributed by atoms with Crippen LogP contribution in [0.15, 0.2) is 138 Å². The number of hydrogen-bond acceptors (Lipinski definition) is 6. The summed E-state index contributed by atoms with van der Waals surface area (Å²) in [6.07, 6.45) is 0. The van der Waals surface area contributed by atoms with E-state index in [0.29, 0.717) is 40.3 Å². The van der Waals surface area contributed by atoms with Gasteiger partial charge in [0.15, 0.2) is 17.5 Å². The van der Waals surface area contributed by atoms with Gasteiger partial charge in [-0.05, 0) is 42.5 Å². The maximum Gasteiger partial charge on any atom is 0.273 e. The van der Waals surface area contributed by atoms with Crippen LogP contribution < -0.4 is 4.31 Å². The predicted molar refractivity (Wildman–Crippen MR) is 167 cm³/mol. The molecule has 0 fully saturated rings. The molecule has 0 spiro atoms. The number of imidazole rings is 1. The molecule has 8 rings (SSSR count). The van der Waals surface area contributed by atoms with Crippen LogP contribution in [0.4, 0.5) is 11.6 Å². The molecule has 5 aromatic carbocycles. The van der Waals surface area contributed by atoms with E-state index >= 15 is 0 Å². The van der Waals surface area contributed by atoms with E-state index in [2.05, 4.69) is 0 Å². The monoisotopic (exact) mass is 578 g/mol. The molecule has 0 bridgehead atoms.